The summed E-state index contributed by atoms with van der Waals surface area (Å²) in [5, 5.41) is 2.72. The first-order valence-corrected chi connectivity index (χ1v) is 10.5. The number of nitrogens with one attached hydrogen (secondary N) is 1. The van der Waals surface area contributed by atoms with E-state index in [1.807, 2.05) is 44.2 Å². The van der Waals surface area contributed by atoms with Crippen LogP contribution in [0.4, 0.5) is 5.69 Å². The number of carbonyl (C=O) groups excluding carboxylic acids is 3. The molecule has 3 rings (SSSR count). The first-order chi connectivity index (χ1) is 14.9. The third-order valence-electron chi connectivity index (χ3n) is 5.34. The molecule has 0 unspecified atom stereocenters. The molecule has 0 aliphatic carbocycles. The molecule has 164 valence electrons. The molecule has 1 fully saturated rings. The fourth-order valence-corrected chi connectivity index (χ4v) is 3.54. The van der Waals surface area contributed by atoms with Crippen molar-refractivity contribution >= 4 is 23.5 Å². The second-order valence-electron chi connectivity index (χ2n) is 7.56. The van der Waals surface area contributed by atoms with Gasteiger partial charge in [0.1, 0.15) is 5.75 Å². The molecule has 0 spiro atoms. The molecule has 2 amide bonds. The van der Waals surface area contributed by atoms with Crippen molar-refractivity contribution in [3.05, 3.63) is 60.2 Å². The SMILES string of the molecule is CCOc1ccc(NC(=O)[C@@H](C)OC(=O)[C@@H]2CC(=O)N([C@@H](C)c3ccccc3)C2)cc1. The maximum Gasteiger partial charge on any atom is 0.312 e. The van der Waals surface area contributed by atoms with Gasteiger partial charge in [-0.1, -0.05) is 30.3 Å². The zero-order valence-electron chi connectivity index (χ0n) is 18.0. The summed E-state index contributed by atoms with van der Waals surface area (Å²) >= 11 is 0. The van der Waals surface area contributed by atoms with Gasteiger partial charge in [-0.25, -0.2) is 0 Å². The van der Waals surface area contributed by atoms with Crippen molar-refractivity contribution in [1.29, 1.82) is 0 Å². The molecular weight excluding hydrogens is 396 g/mol. The average Bonchev–Trinajstić information content (AvgIpc) is 3.17. The van der Waals surface area contributed by atoms with Crippen molar-refractivity contribution in [1.82, 2.24) is 4.90 Å². The van der Waals surface area contributed by atoms with Gasteiger partial charge in [-0.15, -0.1) is 0 Å². The molecule has 7 nitrogen and oxygen atoms in total. The van der Waals surface area contributed by atoms with E-state index in [1.165, 1.54) is 6.92 Å². The van der Waals surface area contributed by atoms with Crippen LogP contribution in [0.2, 0.25) is 0 Å². The van der Waals surface area contributed by atoms with E-state index < -0.39 is 23.9 Å². The molecule has 31 heavy (non-hydrogen) atoms. The van der Waals surface area contributed by atoms with Crippen LogP contribution in [0.3, 0.4) is 0 Å². The van der Waals surface area contributed by atoms with E-state index in [0.717, 1.165) is 5.56 Å². The van der Waals surface area contributed by atoms with Crippen LogP contribution in [0.1, 0.15) is 38.8 Å². The summed E-state index contributed by atoms with van der Waals surface area (Å²) in [5.74, 6) is -0.939. The molecule has 1 saturated heterocycles. The number of anilines is 1. The Morgan fingerprint density at radius 2 is 1.77 bits per heavy atom. The molecule has 1 heterocycles. The minimum Gasteiger partial charge on any atom is -0.494 e. The number of amides is 2. The maximum atomic E-state index is 12.6. The fraction of sp³-hybridized carbons (Fsp3) is 0.375. The second-order valence-corrected chi connectivity index (χ2v) is 7.56. The van der Waals surface area contributed by atoms with Gasteiger partial charge in [-0.3, -0.25) is 14.4 Å². The van der Waals surface area contributed by atoms with Gasteiger partial charge in [-0.2, -0.15) is 0 Å². The Hall–Kier alpha value is -3.35. The lowest BCUT2D eigenvalue weighted by Gasteiger charge is -2.25. The molecule has 0 aromatic heterocycles. The number of nitrogens with zero attached hydrogens (tertiary/aromatic N) is 1. The van der Waals surface area contributed by atoms with Crippen LogP contribution < -0.4 is 10.1 Å². The molecule has 3 atom stereocenters. The highest BCUT2D eigenvalue weighted by Crippen LogP contribution is 2.29. The molecule has 7 heteroatoms. The van der Waals surface area contributed by atoms with Gasteiger partial charge in [0, 0.05) is 18.7 Å². The average molecular weight is 424 g/mol. The lowest BCUT2D eigenvalue weighted by Crippen LogP contribution is -2.33. The van der Waals surface area contributed by atoms with E-state index in [1.54, 1.807) is 29.2 Å². The van der Waals surface area contributed by atoms with Crippen LogP contribution in [-0.2, 0) is 19.1 Å². The van der Waals surface area contributed by atoms with E-state index >= 15 is 0 Å². The van der Waals surface area contributed by atoms with Crippen LogP contribution in [0.5, 0.6) is 5.75 Å². The molecule has 1 aliphatic rings. The Kier molecular flexibility index (Phi) is 7.28. The lowest BCUT2D eigenvalue weighted by atomic mass is 10.1. The monoisotopic (exact) mass is 424 g/mol. The third kappa shape index (κ3) is 5.63. The second kappa shape index (κ2) is 10.1. The smallest absolute Gasteiger partial charge is 0.312 e. The summed E-state index contributed by atoms with van der Waals surface area (Å²) < 4.78 is 10.7. The van der Waals surface area contributed by atoms with Gasteiger partial charge in [0.2, 0.25) is 5.91 Å². The van der Waals surface area contributed by atoms with E-state index in [-0.39, 0.29) is 24.9 Å². The van der Waals surface area contributed by atoms with Crippen LogP contribution in [0.15, 0.2) is 54.6 Å². The zero-order valence-corrected chi connectivity index (χ0v) is 18.0. The first-order valence-electron chi connectivity index (χ1n) is 10.5. The number of rotatable bonds is 8. The number of ether oxygens (including phenoxy) is 2. The van der Waals surface area contributed by atoms with Crippen LogP contribution in [-0.4, -0.2) is 41.9 Å². The highest BCUT2D eigenvalue weighted by atomic mass is 16.5. The quantitative estimate of drug-likeness (QED) is 0.655. The van der Waals surface area contributed by atoms with Crippen molar-refractivity contribution < 1.29 is 23.9 Å². The number of esters is 1. The molecule has 2 aromatic rings. The number of carbonyl (C=O) groups is 3. The summed E-state index contributed by atoms with van der Waals surface area (Å²) in [4.78, 5) is 39.1. The summed E-state index contributed by atoms with van der Waals surface area (Å²) in [6.07, 6.45) is -0.891. The Balaban J connectivity index is 1.53. The lowest BCUT2D eigenvalue weighted by molar-refractivity contribution is -0.157. The van der Waals surface area contributed by atoms with Crippen molar-refractivity contribution in [2.24, 2.45) is 5.92 Å². The van der Waals surface area contributed by atoms with Gasteiger partial charge >= 0.3 is 5.97 Å². The maximum absolute atomic E-state index is 12.6. The first kappa shape index (κ1) is 22.3. The van der Waals surface area contributed by atoms with Gasteiger partial charge < -0.3 is 19.7 Å². The molecule has 0 saturated carbocycles. The molecule has 2 aromatic carbocycles. The topological polar surface area (TPSA) is 84.9 Å². The summed E-state index contributed by atoms with van der Waals surface area (Å²) in [6.45, 7) is 6.19. The molecule has 0 radical (unpaired) electrons. The number of benzene rings is 2. The Labute approximate surface area is 182 Å². The molecular formula is C24H28N2O5. The van der Waals surface area contributed by atoms with Crippen molar-refractivity contribution in [2.45, 2.75) is 39.3 Å². The number of hydrogen-bond acceptors (Lipinski definition) is 5. The minimum atomic E-state index is -0.977. The highest BCUT2D eigenvalue weighted by Gasteiger charge is 2.38. The van der Waals surface area contributed by atoms with E-state index in [9.17, 15) is 14.4 Å². The standard InChI is InChI=1S/C24H28N2O5/c1-4-30-21-12-10-20(11-13-21)25-23(28)17(3)31-24(29)19-14-22(27)26(15-19)16(2)18-8-6-5-7-9-18/h5-13,16-17,19H,4,14-15H2,1-3H3,(H,25,28)/t16-,17+,19+/m0/s1. The van der Waals surface area contributed by atoms with Gasteiger partial charge in [0.15, 0.2) is 6.10 Å². The Morgan fingerprint density at radius 3 is 2.42 bits per heavy atom. The normalized spacial score (nSPS) is 17.7. The van der Waals surface area contributed by atoms with E-state index in [0.29, 0.717) is 18.0 Å². The minimum absolute atomic E-state index is 0.0865. The Bertz CT molecular complexity index is 913. The zero-order chi connectivity index (χ0) is 22.4. The fourth-order valence-electron chi connectivity index (χ4n) is 3.54. The molecule has 1 N–H and O–H groups in total. The summed E-state index contributed by atoms with van der Waals surface area (Å²) in [5.41, 5.74) is 1.59. The van der Waals surface area contributed by atoms with E-state index in [2.05, 4.69) is 5.32 Å². The van der Waals surface area contributed by atoms with E-state index in [4.69, 9.17) is 9.47 Å². The van der Waals surface area contributed by atoms with Gasteiger partial charge in [-0.05, 0) is 50.6 Å². The van der Waals surface area contributed by atoms with Crippen LogP contribution in [0.25, 0.3) is 0 Å². The number of hydrogen-bond donors (Lipinski definition) is 1. The van der Waals surface area contributed by atoms with Gasteiger partial charge in [0.05, 0.1) is 18.6 Å². The van der Waals surface area contributed by atoms with Gasteiger partial charge in [0.25, 0.3) is 5.91 Å². The predicted octanol–water partition coefficient (Wildman–Crippen LogP) is 3.57. The third-order valence-corrected chi connectivity index (χ3v) is 5.34. The van der Waals surface area contributed by atoms with Crippen molar-refractivity contribution in [3.63, 3.8) is 0 Å². The summed E-state index contributed by atoms with van der Waals surface area (Å²) in [6, 6.07) is 16.5. The molecule has 0 bridgehead atoms. The number of likely N-dealkylation sites (tertiary alicyclic amines) is 1. The Morgan fingerprint density at radius 1 is 1.10 bits per heavy atom. The van der Waals surface area contributed by atoms with Crippen molar-refractivity contribution in [2.75, 3.05) is 18.5 Å². The highest BCUT2D eigenvalue weighted by molar-refractivity contribution is 5.95. The van der Waals surface area contributed by atoms with Crippen LogP contribution in [0, 0.1) is 5.92 Å². The summed E-state index contributed by atoms with van der Waals surface area (Å²) in [7, 11) is 0. The predicted molar refractivity (Wildman–Crippen MR) is 116 cm³/mol. The largest absolute Gasteiger partial charge is 0.494 e. The van der Waals surface area contributed by atoms with Crippen molar-refractivity contribution in [3.8, 4) is 5.75 Å². The van der Waals surface area contributed by atoms with Crippen LogP contribution >= 0.6 is 0 Å². The molecule has 1 aliphatic heterocycles.